The summed E-state index contributed by atoms with van der Waals surface area (Å²) < 4.78 is 11.2. The van der Waals surface area contributed by atoms with E-state index in [0.29, 0.717) is 0 Å². The predicted octanol–water partition coefficient (Wildman–Crippen LogP) is -0.333. The Morgan fingerprint density at radius 2 is 1.58 bits per heavy atom. The smallest absolute Gasteiger partial charge is 0.207 e. The first kappa shape index (κ1) is 18.1. The van der Waals surface area contributed by atoms with Crippen molar-refractivity contribution in [2.45, 2.75) is 19.1 Å². The lowest BCUT2D eigenvalue weighted by atomic mass is 9.91. The standard InChI is InChI=1S/C18H21NO2S2.ClH/c1-5-19(11-17-20-7-8-21-17)6-2-14(1)18(15-3-9-22-12-15)16-4-10-23-13-16;/h3-4,9-10,12-13,17H,1-2,5-8,11H2;1H. The predicted molar refractivity (Wildman–Crippen MR) is 95.1 cm³/mol. The zero-order valence-electron chi connectivity index (χ0n) is 13.5. The Balaban J connectivity index is 0.00000169. The van der Waals surface area contributed by atoms with Crippen molar-refractivity contribution in [1.29, 1.82) is 0 Å². The van der Waals surface area contributed by atoms with Crippen molar-refractivity contribution in [1.82, 2.24) is 0 Å². The van der Waals surface area contributed by atoms with Gasteiger partial charge in [0.1, 0.15) is 6.54 Å². The number of hydrogen-bond acceptors (Lipinski definition) is 4. The summed E-state index contributed by atoms with van der Waals surface area (Å²) in [6, 6.07) is 4.51. The van der Waals surface area contributed by atoms with Crippen molar-refractivity contribution in [2.75, 3.05) is 32.8 Å². The van der Waals surface area contributed by atoms with Crippen LogP contribution in [0.25, 0.3) is 5.57 Å². The van der Waals surface area contributed by atoms with Crippen LogP contribution in [0, 0.1) is 0 Å². The molecule has 0 spiro atoms. The fraction of sp³-hybridized carbons (Fsp3) is 0.444. The monoisotopic (exact) mass is 383 g/mol. The molecule has 24 heavy (non-hydrogen) atoms. The number of thiophene rings is 2. The van der Waals surface area contributed by atoms with Crippen molar-refractivity contribution >= 4 is 28.2 Å². The molecule has 0 amide bonds. The number of rotatable bonds is 4. The molecule has 2 fully saturated rings. The summed E-state index contributed by atoms with van der Waals surface area (Å²) in [6.07, 6.45) is 2.36. The molecule has 0 aliphatic carbocycles. The summed E-state index contributed by atoms with van der Waals surface area (Å²) in [5, 5.41) is 8.91. The highest BCUT2D eigenvalue weighted by atomic mass is 35.5. The van der Waals surface area contributed by atoms with Crippen molar-refractivity contribution < 1.29 is 26.8 Å². The molecular weight excluding hydrogens is 362 g/mol. The second kappa shape index (κ2) is 8.61. The molecule has 2 saturated heterocycles. The van der Waals surface area contributed by atoms with E-state index in [2.05, 4.69) is 33.7 Å². The van der Waals surface area contributed by atoms with Gasteiger partial charge in [-0.1, -0.05) is 5.57 Å². The van der Waals surface area contributed by atoms with Crippen molar-refractivity contribution in [3.05, 3.63) is 50.4 Å². The number of nitrogens with one attached hydrogen (secondary N) is 1. The van der Waals surface area contributed by atoms with Gasteiger partial charge in [-0.25, -0.2) is 0 Å². The van der Waals surface area contributed by atoms with Gasteiger partial charge in [0, 0.05) is 12.8 Å². The van der Waals surface area contributed by atoms with E-state index in [0.717, 1.165) is 19.8 Å². The minimum atomic E-state index is 0. The molecule has 2 aliphatic heterocycles. The van der Waals surface area contributed by atoms with Crippen LogP contribution < -0.4 is 17.3 Å². The summed E-state index contributed by atoms with van der Waals surface area (Å²) in [5.41, 5.74) is 5.85. The molecule has 3 nitrogen and oxygen atoms in total. The third kappa shape index (κ3) is 4.10. The van der Waals surface area contributed by atoms with Crippen molar-refractivity contribution in [3.8, 4) is 0 Å². The molecule has 2 aromatic rings. The van der Waals surface area contributed by atoms with Gasteiger partial charge in [0.15, 0.2) is 0 Å². The molecule has 2 aliphatic rings. The molecule has 0 radical (unpaired) electrons. The van der Waals surface area contributed by atoms with E-state index in [4.69, 9.17) is 9.47 Å². The lowest BCUT2D eigenvalue weighted by molar-refractivity contribution is -0.908. The highest BCUT2D eigenvalue weighted by Crippen LogP contribution is 2.32. The van der Waals surface area contributed by atoms with E-state index in [1.807, 2.05) is 0 Å². The average Bonchev–Trinajstić information content (AvgIpc) is 3.33. The maximum Gasteiger partial charge on any atom is 0.207 e. The van der Waals surface area contributed by atoms with Crippen LogP contribution in [0.3, 0.4) is 0 Å². The topological polar surface area (TPSA) is 22.9 Å². The van der Waals surface area contributed by atoms with Gasteiger partial charge in [-0.2, -0.15) is 22.7 Å². The van der Waals surface area contributed by atoms with Gasteiger partial charge in [-0.3, -0.25) is 0 Å². The SMILES string of the molecule is [Cl-].c1cc(C(=C2CC[NH+](CC3OCCO3)CC2)c2ccsc2)cs1. The minimum absolute atomic E-state index is 0. The third-order valence-electron chi connectivity index (χ3n) is 4.68. The maximum atomic E-state index is 5.60. The Kier molecular flexibility index (Phi) is 6.49. The minimum Gasteiger partial charge on any atom is -1.00 e. The molecule has 0 bridgehead atoms. The van der Waals surface area contributed by atoms with Crippen molar-refractivity contribution in [2.24, 2.45) is 0 Å². The number of ether oxygens (including phenoxy) is 2. The van der Waals surface area contributed by atoms with Gasteiger partial charge in [0.25, 0.3) is 0 Å². The first-order valence-corrected chi connectivity index (χ1v) is 10.1. The van der Waals surface area contributed by atoms with Gasteiger partial charge < -0.3 is 26.8 Å². The van der Waals surface area contributed by atoms with Gasteiger partial charge in [-0.05, 0) is 50.4 Å². The summed E-state index contributed by atoms with van der Waals surface area (Å²) in [5.74, 6) is 0. The Hall–Kier alpha value is -0.690. The van der Waals surface area contributed by atoms with Crippen LogP contribution in [0.2, 0.25) is 0 Å². The number of quaternary nitrogens is 1. The zero-order chi connectivity index (χ0) is 15.5. The summed E-state index contributed by atoms with van der Waals surface area (Å²) in [6.45, 7) is 4.85. The van der Waals surface area contributed by atoms with Crippen LogP contribution in [0.4, 0.5) is 0 Å². The number of likely N-dealkylation sites (tertiary alicyclic amines) is 1. The van der Waals surface area contributed by atoms with Crippen LogP contribution >= 0.6 is 22.7 Å². The normalized spacial score (nSPS) is 21.7. The van der Waals surface area contributed by atoms with Crippen LogP contribution in [0.1, 0.15) is 24.0 Å². The van der Waals surface area contributed by atoms with Crippen molar-refractivity contribution in [3.63, 3.8) is 0 Å². The molecular formula is C18H22ClNO2S2. The van der Waals surface area contributed by atoms with E-state index in [1.54, 1.807) is 33.1 Å². The molecule has 130 valence electrons. The van der Waals surface area contributed by atoms with Gasteiger partial charge in [0.05, 0.1) is 26.3 Å². The Morgan fingerprint density at radius 3 is 2.08 bits per heavy atom. The summed E-state index contributed by atoms with van der Waals surface area (Å²) in [7, 11) is 0. The zero-order valence-corrected chi connectivity index (χ0v) is 15.9. The highest BCUT2D eigenvalue weighted by Gasteiger charge is 2.26. The molecule has 0 saturated carbocycles. The summed E-state index contributed by atoms with van der Waals surface area (Å²) >= 11 is 3.56. The highest BCUT2D eigenvalue weighted by molar-refractivity contribution is 7.08. The molecule has 2 aromatic heterocycles. The second-order valence-electron chi connectivity index (χ2n) is 6.13. The average molecular weight is 384 g/mol. The van der Waals surface area contributed by atoms with Gasteiger partial charge >= 0.3 is 0 Å². The van der Waals surface area contributed by atoms with Crippen LogP contribution in [-0.2, 0) is 9.47 Å². The Morgan fingerprint density at radius 1 is 1.00 bits per heavy atom. The van der Waals surface area contributed by atoms with Crippen LogP contribution in [0.15, 0.2) is 39.2 Å². The summed E-state index contributed by atoms with van der Waals surface area (Å²) in [4.78, 5) is 1.61. The van der Waals surface area contributed by atoms with Gasteiger partial charge in [-0.15, -0.1) is 0 Å². The van der Waals surface area contributed by atoms with E-state index in [9.17, 15) is 0 Å². The molecule has 0 atom stereocenters. The van der Waals surface area contributed by atoms with E-state index >= 15 is 0 Å². The maximum absolute atomic E-state index is 5.60. The molecule has 4 heterocycles. The quantitative estimate of drug-likeness (QED) is 0.781. The van der Waals surface area contributed by atoms with E-state index < -0.39 is 0 Å². The Labute approximate surface area is 157 Å². The fourth-order valence-corrected chi connectivity index (χ4v) is 4.80. The van der Waals surface area contributed by atoms with Gasteiger partial charge in [0.2, 0.25) is 6.29 Å². The second-order valence-corrected chi connectivity index (χ2v) is 7.69. The first-order valence-electron chi connectivity index (χ1n) is 8.24. The lowest BCUT2D eigenvalue weighted by Crippen LogP contribution is -3.14. The third-order valence-corrected chi connectivity index (χ3v) is 6.05. The molecule has 6 heteroatoms. The molecule has 4 rings (SSSR count). The Bertz CT molecular complexity index is 602. The molecule has 0 unspecified atom stereocenters. The van der Waals surface area contributed by atoms with Crippen LogP contribution in [0.5, 0.6) is 0 Å². The molecule has 1 N–H and O–H groups in total. The number of hydrogen-bond donors (Lipinski definition) is 1. The lowest BCUT2D eigenvalue weighted by Gasteiger charge is -2.28. The largest absolute Gasteiger partial charge is 1.00 e. The van der Waals surface area contributed by atoms with Crippen LogP contribution in [-0.4, -0.2) is 39.1 Å². The first-order chi connectivity index (χ1) is 11.4. The van der Waals surface area contributed by atoms with E-state index in [1.165, 1.54) is 42.6 Å². The molecule has 0 aromatic carbocycles. The number of piperidine rings is 1. The van der Waals surface area contributed by atoms with E-state index in [-0.39, 0.29) is 18.7 Å². The fourth-order valence-electron chi connectivity index (χ4n) is 3.51. The number of halogens is 1.